The van der Waals surface area contributed by atoms with Crippen LogP contribution in [0.1, 0.15) is 26.9 Å². The number of fused-ring (bicyclic) bond motifs is 3. The molecule has 1 fully saturated rings. The minimum absolute atomic E-state index is 0.00501. The molecule has 0 unspecified atom stereocenters. The fourth-order valence-electron chi connectivity index (χ4n) is 3.26. The van der Waals surface area contributed by atoms with Crippen LogP contribution in [0, 0.1) is 0 Å². The number of amides is 2. The Kier molecular flexibility index (Phi) is 4.35. The van der Waals surface area contributed by atoms with Crippen LogP contribution in [0.4, 0.5) is 18.9 Å². The third-order valence-electron chi connectivity index (χ3n) is 4.55. The maximum absolute atomic E-state index is 12.9. The number of halogens is 4. The van der Waals surface area contributed by atoms with Gasteiger partial charge in [-0.2, -0.15) is 13.2 Å². The van der Waals surface area contributed by atoms with Crippen molar-refractivity contribution in [2.45, 2.75) is 17.6 Å². The van der Waals surface area contributed by atoms with Gasteiger partial charge in [0.25, 0.3) is 5.91 Å². The molecule has 0 saturated carbocycles. The van der Waals surface area contributed by atoms with Crippen molar-refractivity contribution in [1.82, 2.24) is 4.90 Å². The Balaban J connectivity index is 1.58. The van der Waals surface area contributed by atoms with E-state index >= 15 is 0 Å². The molecule has 0 radical (unpaired) electrons. The summed E-state index contributed by atoms with van der Waals surface area (Å²) in [5.41, 5.74) is 0.351. The van der Waals surface area contributed by atoms with Crippen LogP contribution in [-0.4, -0.2) is 28.5 Å². The van der Waals surface area contributed by atoms with Crippen molar-refractivity contribution >= 4 is 40.9 Å². The zero-order valence-corrected chi connectivity index (χ0v) is 15.2. The number of thioether (sulfide) groups is 1. The summed E-state index contributed by atoms with van der Waals surface area (Å²) in [6.07, 6.45) is -4.55. The van der Waals surface area contributed by atoms with Crippen molar-refractivity contribution in [3.63, 3.8) is 0 Å². The summed E-state index contributed by atoms with van der Waals surface area (Å²) in [7, 11) is 0. The maximum atomic E-state index is 12.9. The predicted molar refractivity (Wildman–Crippen MR) is 96.7 cm³/mol. The molecule has 0 aliphatic carbocycles. The van der Waals surface area contributed by atoms with E-state index < -0.39 is 23.7 Å². The zero-order chi connectivity index (χ0) is 19.3. The van der Waals surface area contributed by atoms with Crippen LogP contribution < -0.4 is 5.32 Å². The molecule has 2 aliphatic rings. The molecule has 2 aromatic rings. The Morgan fingerprint density at radius 1 is 1.22 bits per heavy atom. The molecule has 9 heteroatoms. The molecule has 0 spiro atoms. The summed E-state index contributed by atoms with van der Waals surface area (Å²) >= 11 is 7.39. The first-order valence-corrected chi connectivity index (χ1v) is 9.41. The standard InChI is InChI=1S/C18H12ClF3N2O2S/c19-12-6-5-9(18(20,21)22)7-13(12)23-15(25)14-8-27-17-11-4-2-1-3-10(11)16(26)24(14)17/h1-7,14,17H,8H2,(H,23,25)/t14-,17+/m1/s1. The van der Waals surface area contributed by atoms with Crippen LogP contribution in [0.15, 0.2) is 42.5 Å². The number of alkyl halides is 3. The number of hydrogen-bond acceptors (Lipinski definition) is 3. The van der Waals surface area contributed by atoms with Gasteiger partial charge < -0.3 is 10.2 Å². The Hall–Kier alpha value is -2.19. The fraction of sp³-hybridized carbons (Fsp3) is 0.222. The summed E-state index contributed by atoms with van der Waals surface area (Å²) in [5, 5.41) is 2.18. The first kappa shape index (κ1) is 18.2. The van der Waals surface area contributed by atoms with Crippen LogP contribution in [0.25, 0.3) is 0 Å². The smallest absolute Gasteiger partial charge is 0.323 e. The predicted octanol–water partition coefficient (Wildman–Crippen LogP) is 4.57. The lowest BCUT2D eigenvalue weighted by Gasteiger charge is -2.23. The van der Waals surface area contributed by atoms with Gasteiger partial charge in [-0.3, -0.25) is 9.59 Å². The van der Waals surface area contributed by atoms with Crippen molar-refractivity contribution in [2.24, 2.45) is 0 Å². The molecular weight excluding hydrogens is 401 g/mol. The van der Waals surface area contributed by atoms with Crippen LogP contribution in [0.5, 0.6) is 0 Å². The van der Waals surface area contributed by atoms with E-state index in [1.807, 2.05) is 12.1 Å². The first-order valence-electron chi connectivity index (χ1n) is 7.98. The van der Waals surface area contributed by atoms with Crippen molar-refractivity contribution in [3.05, 3.63) is 64.2 Å². The second-order valence-electron chi connectivity index (χ2n) is 6.18. The van der Waals surface area contributed by atoms with Gasteiger partial charge in [0, 0.05) is 11.3 Å². The molecule has 27 heavy (non-hydrogen) atoms. The molecule has 2 atom stereocenters. The molecule has 4 nitrogen and oxygen atoms in total. The van der Waals surface area contributed by atoms with Gasteiger partial charge in [-0.05, 0) is 29.8 Å². The number of nitrogens with one attached hydrogen (secondary N) is 1. The van der Waals surface area contributed by atoms with E-state index in [-0.39, 0.29) is 22.0 Å². The topological polar surface area (TPSA) is 49.4 Å². The lowest BCUT2D eigenvalue weighted by molar-refractivity contribution is -0.137. The summed E-state index contributed by atoms with van der Waals surface area (Å²) < 4.78 is 38.7. The van der Waals surface area contributed by atoms with Gasteiger partial charge >= 0.3 is 6.18 Å². The molecule has 140 valence electrons. The lowest BCUT2D eigenvalue weighted by Crippen LogP contribution is -2.42. The summed E-state index contributed by atoms with van der Waals surface area (Å²) in [5.74, 6) is -0.462. The molecular formula is C18H12ClF3N2O2S. The van der Waals surface area contributed by atoms with E-state index in [1.165, 1.54) is 16.7 Å². The van der Waals surface area contributed by atoms with Gasteiger partial charge in [0.15, 0.2) is 0 Å². The van der Waals surface area contributed by atoms with Gasteiger partial charge in [0.2, 0.25) is 5.91 Å². The number of carbonyl (C=O) groups excluding carboxylic acids is 2. The number of rotatable bonds is 2. The first-order chi connectivity index (χ1) is 12.8. The molecule has 2 amide bonds. The van der Waals surface area contributed by atoms with Crippen molar-refractivity contribution in [2.75, 3.05) is 11.1 Å². The number of carbonyl (C=O) groups is 2. The monoisotopic (exact) mass is 412 g/mol. The van der Waals surface area contributed by atoms with Gasteiger partial charge in [-0.1, -0.05) is 29.8 Å². The van der Waals surface area contributed by atoms with Gasteiger partial charge in [-0.15, -0.1) is 11.8 Å². The van der Waals surface area contributed by atoms with E-state index in [9.17, 15) is 22.8 Å². The maximum Gasteiger partial charge on any atom is 0.416 e. The van der Waals surface area contributed by atoms with Crippen LogP contribution >= 0.6 is 23.4 Å². The Labute approximate surface area is 161 Å². The highest BCUT2D eigenvalue weighted by molar-refractivity contribution is 7.99. The Morgan fingerprint density at radius 2 is 1.96 bits per heavy atom. The Morgan fingerprint density at radius 3 is 2.70 bits per heavy atom. The van der Waals surface area contributed by atoms with E-state index in [0.717, 1.165) is 23.8 Å². The highest BCUT2D eigenvalue weighted by atomic mass is 35.5. The number of hydrogen-bond donors (Lipinski definition) is 1. The fourth-order valence-corrected chi connectivity index (χ4v) is 4.89. The van der Waals surface area contributed by atoms with Gasteiger partial charge in [-0.25, -0.2) is 0 Å². The molecule has 0 bridgehead atoms. The van der Waals surface area contributed by atoms with E-state index in [1.54, 1.807) is 12.1 Å². The molecule has 2 aliphatic heterocycles. The largest absolute Gasteiger partial charge is 0.416 e. The minimum Gasteiger partial charge on any atom is -0.323 e. The van der Waals surface area contributed by atoms with Crippen molar-refractivity contribution < 1.29 is 22.8 Å². The third kappa shape index (κ3) is 3.06. The molecule has 2 aromatic carbocycles. The molecule has 2 heterocycles. The number of benzene rings is 2. The average Bonchev–Trinajstić information content (AvgIpc) is 3.17. The lowest BCUT2D eigenvalue weighted by atomic mass is 10.1. The molecule has 1 saturated heterocycles. The normalized spacial score (nSPS) is 21.2. The summed E-state index contributed by atoms with van der Waals surface area (Å²) in [4.78, 5) is 26.8. The molecule has 1 N–H and O–H groups in total. The third-order valence-corrected chi connectivity index (χ3v) is 6.18. The average molecular weight is 413 g/mol. The van der Waals surface area contributed by atoms with Crippen LogP contribution in [0.2, 0.25) is 5.02 Å². The van der Waals surface area contributed by atoms with E-state index in [2.05, 4.69) is 5.32 Å². The highest BCUT2D eigenvalue weighted by Crippen LogP contribution is 2.48. The SMILES string of the molecule is O=C(Nc1cc(C(F)(F)F)ccc1Cl)[C@H]1CS[C@H]2c3ccccc3C(=O)N12. The van der Waals surface area contributed by atoms with E-state index in [0.29, 0.717) is 11.3 Å². The van der Waals surface area contributed by atoms with E-state index in [4.69, 9.17) is 11.6 Å². The Bertz CT molecular complexity index is 950. The van der Waals surface area contributed by atoms with Crippen LogP contribution in [0.3, 0.4) is 0 Å². The van der Waals surface area contributed by atoms with Gasteiger partial charge in [0.05, 0.1) is 16.3 Å². The summed E-state index contributed by atoms with van der Waals surface area (Å²) in [6, 6.07) is 9.06. The number of nitrogens with zero attached hydrogens (tertiary/aromatic N) is 1. The summed E-state index contributed by atoms with van der Waals surface area (Å²) in [6.45, 7) is 0. The molecule has 4 rings (SSSR count). The minimum atomic E-state index is -4.55. The van der Waals surface area contributed by atoms with Crippen LogP contribution in [-0.2, 0) is 11.0 Å². The second kappa shape index (κ2) is 6.45. The number of anilines is 1. The highest BCUT2D eigenvalue weighted by Gasteiger charge is 2.48. The quantitative estimate of drug-likeness (QED) is 0.786. The van der Waals surface area contributed by atoms with Crippen molar-refractivity contribution in [1.29, 1.82) is 0 Å². The zero-order valence-electron chi connectivity index (χ0n) is 13.6. The second-order valence-corrected chi connectivity index (χ2v) is 7.70. The van der Waals surface area contributed by atoms with Crippen molar-refractivity contribution in [3.8, 4) is 0 Å². The van der Waals surface area contributed by atoms with Gasteiger partial charge in [0.1, 0.15) is 11.4 Å². The molecule has 0 aromatic heterocycles.